The minimum Gasteiger partial charge on any atom is -0.268 e. The highest BCUT2D eigenvalue weighted by Crippen LogP contribution is 2.46. The lowest BCUT2D eigenvalue weighted by Crippen LogP contribution is -2.51. The van der Waals surface area contributed by atoms with Crippen LogP contribution in [0.15, 0.2) is 23.4 Å². The fourth-order valence-corrected chi connectivity index (χ4v) is 3.47. The number of nitriles is 1. The van der Waals surface area contributed by atoms with E-state index in [9.17, 15) is 13.2 Å². The molecule has 2 aliphatic rings. The molecule has 1 amide bonds. The Labute approximate surface area is 112 Å². The molecule has 7 heteroatoms. The minimum absolute atomic E-state index is 0.0828. The van der Waals surface area contributed by atoms with E-state index in [0.717, 1.165) is 0 Å². The molecule has 1 aliphatic carbocycles. The molecular weight excluding hydrogens is 266 g/mol. The van der Waals surface area contributed by atoms with Gasteiger partial charge in [0, 0.05) is 5.41 Å². The van der Waals surface area contributed by atoms with Crippen molar-refractivity contribution in [2.75, 3.05) is 0 Å². The lowest BCUT2D eigenvalue weighted by molar-refractivity contribution is -0.116. The van der Waals surface area contributed by atoms with E-state index in [0.29, 0.717) is 10.7 Å². The first kappa shape index (κ1) is 13.6. The predicted octanol–water partition coefficient (Wildman–Crippen LogP) is 1.02. The number of amides is 1. The van der Waals surface area contributed by atoms with Crippen molar-refractivity contribution in [2.45, 2.75) is 27.2 Å². The third kappa shape index (κ3) is 1.83. The zero-order valence-electron chi connectivity index (χ0n) is 11.0. The summed E-state index contributed by atoms with van der Waals surface area (Å²) in [5.74, 6) is -0.594. The third-order valence-corrected chi connectivity index (χ3v) is 5.09. The number of hydrogen-bond acceptors (Lipinski definition) is 4. The summed E-state index contributed by atoms with van der Waals surface area (Å²) in [6, 6.07) is 0. The van der Waals surface area contributed by atoms with Gasteiger partial charge in [-0.3, -0.25) is 4.79 Å². The van der Waals surface area contributed by atoms with Crippen LogP contribution in [0, 0.1) is 22.8 Å². The summed E-state index contributed by atoms with van der Waals surface area (Å²) in [5.41, 5.74) is -0.0416. The first-order valence-electron chi connectivity index (χ1n) is 5.92. The Bertz CT molecular complexity index is 640. The van der Waals surface area contributed by atoms with E-state index < -0.39 is 21.5 Å². The van der Waals surface area contributed by atoms with E-state index in [4.69, 9.17) is 5.26 Å². The molecule has 0 bridgehead atoms. The van der Waals surface area contributed by atoms with Crippen molar-refractivity contribution in [1.82, 2.24) is 9.03 Å². The summed E-state index contributed by atoms with van der Waals surface area (Å²) in [6.45, 7) is 5.76. The van der Waals surface area contributed by atoms with Crippen LogP contribution in [0.4, 0.5) is 0 Å². The molecule has 0 spiro atoms. The van der Waals surface area contributed by atoms with Crippen molar-refractivity contribution < 1.29 is 13.2 Å². The number of carbonyl (C=O) groups is 1. The molecule has 0 saturated heterocycles. The Morgan fingerprint density at radius 1 is 1.53 bits per heavy atom. The number of rotatable bonds is 1. The lowest BCUT2D eigenvalue weighted by atomic mass is 9.70. The Balaban J connectivity index is 2.76. The normalized spacial score (nSPS) is 29.0. The molecule has 1 aliphatic heterocycles. The second-order valence-electron chi connectivity index (χ2n) is 5.24. The topological polar surface area (TPSA) is 90.3 Å². The molecule has 6 nitrogen and oxygen atoms in total. The zero-order valence-corrected chi connectivity index (χ0v) is 11.8. The molecule has 0 aromatic rings. The summed E-state index contributed by atoms with van der Waals surface area (Å²) in [7, 11) is -4.12. The van der Waals surface area contributed by atoms with Crippen molar-refractivity contribution in [3.05, 3.63) is 23.4 Å². The molecule has 1 heterocycles. The molecule has 1 N–H and O–H groups in total. The SMILES string of the molecule is CC(C)C1(C)CC=CC2=C1N(C#N)S(=O)(=O)NC2=O. The molecule has 2 rings (SSSR count). The molecule has 0 fully saturated rings. The number of carbonyl (C=O) groups excluding carboxylic acids is 1. The van der Waals surface area contributed by atoms with E-state index in [-0.39, 0.29) is 17.2 Å². The second kappa shape index (κ2) is 4.10. The van der Waals surface area contributed by atoms with Crippen LogP contribution < -0.4 is 4.72 Å². The highest BCUT2D eigenvalue weighted by atomic mass is 32.2. The number of hydrogen-bond donors (Lipinski definition) is 1. The van der Waals surface area contributed by atoms with Crippen LogP contribution in [0.5, 0.6) is 0 Å². The van der Waals surface area contributed by atoms with Crippen LogP contribution in [0.2, 0.25) is 0 Å². The molecular formula is C12H15N3O3S. The van der Waals surface area contributed by atoms with Crippen LogP contribution in [-0.4, -0.2) is 18.6 Å². The van der Waals surface area contributed by atoms with Gasteiger partial charge in [-0.25, -0.2) is 4.72 Å². The molecule has 0 radical (unpaired) electrons. The highest BCUT2D eigenvalue weighted by molar-refractivity contribution is 7.88. The summed E-state index contributed by atoms with van der Waals surface area (Å²) >= 11 is 0. The Kier molecular flexibility index (Phi) is 2.94. The summed E-state index contributed by atoms with van der Waals surface area (Å²) < 4.78 is 26.3. The first-order valence-corrected chi connectivity index (χ1v) is 7.36. The standard InChI is InChI=1S/C12H15N3O3S/c1-8(2)12(3)6-4-5-9-10(12)15(7-13)19(17,18)14-11(9)16/h4-5,8H,6H2,1-3H3,(H,14,16). The van der Waals surface area contributed by atoms with Gasteiger partial charge in [-0.1, -0.05) is 32.9 Å². The van der Waals surface area contributed by atoms with Gasteiger partial charge in [0.2, 0.25) is 6.19 Å². The summed E-state index contributed by atoms with van der Waals surface area (Å²) in [5, 5.41) is 9.15. The van der Waals surface area contributed by atoms with Crippen molar-refractivity contribution in [3.63, 3.8) is 0 Å². The van der Waals surface area contributed by atoms with E-state index in [1.165, 1.54) is 0 Å². The van der Waals surface area contributed by atoms with Gasteiger partial charge in [-0.15, -0.1) is 0 Å². The van der Waals surface area contributed by atoms with Gasteiger partial charge in [-0.2, -0.15) is 18.0 Å². The van der Waals surface area contributed by atoms with Crippen LogP contribution in [-0.2, 0) is 15.0 Å². The van der Waals surface area contributed by atoms with Gasteiger partial charge in [0.05, 0.1) is 11.3 Å². The Morgan fingerprint density at radius 3 is 2.68 bits per heavy atom. The Morgan fingerprint density at radius 2 is 2.16 bits per heavy atom. The molecule has 102 valence electrons. The van der Waals surface area contributed by atoms with Crippen molar-refractivity contribution >= 4 is 16.1 Å². The molecule has 0 saturated carbocycles. The molecule has 1 unspecified atom stereocenters. The summed E-state index contributed by atoms with van der Waals surface area (Å²) in [6.07, 6.45) is 5.67. The molecule has 0 aromatic heterocycles. The van der Waals surface area contributed by atoms with Crippen LogP contribution in [0.25, 0.3) is 0 Å². The maximum absolute atomic E-state index is 11.9. The molecule has 0 aromatic carbocycles. The van der Waals surface area contributed by atoms with Gasteiger partial charge < -0.3 is 0 Å². The number of allylic oxidation sites excluding steroid dienone is 2. The average molecular weight is 281 g/mol. The van der Waals surface area contributed by atoms with E-state index >= 15 is 0 Å². The average Bonchev–Trinajstić information content (AvgIpc) is 2.29. The van der Waals surface area contributed by atoms with Gasteiger partial charge in [-0.05, 0) is 12.3 Å². The van der Waals surface area contributed by atoms with Crippen molar-refractivity contribution in [1.29, 1.82) is 5.26 Å². The van der Waals surface area contributed by atoms with Gasteiger partial charge in [0.25, 0.3) is 5.91 Å². The van der Waals surface area contributed by atoms with Crippen molar-refractivity contribution in [2.24, 2.45) is 11.3 Å². The molecule has 1 atom stereocenters. The van der Waals surface area contributed by atoms with Crippen LogP contribution >= 0.6 is 0 Å². The smallest absolute Gasteiger partial charge is 0.268 e. The zero-order chi connectivity index (χ0) is 14.4. The van der Waals surface area contributed by atoms with Crippen LogP contribution in [0.3, 0.4) is 0 Å². The fraction of sp³-hybridized carbons (Fsp3) is 0.500. The van der Waals surface area contributed by atoms with Gasteiger partial charge in [0.1, 0.15) is 0 Å². The predicted molar refractivity (Wildman–Crippen MR) is 68.2 cm³/mol. The Hall–Kier alpha value is -1.81. The van der Waals surface area contributed by atoms with E-state index in [1.54, 1.807) is 12.3 Å². The fourth-order valence-electron chi connectivity index (χ4n) is 2.38. The minimum atomic E-state index is -4.12. The van der Waals surface area contributed by atoms with E-state index in [1.807, 2.05) is 31.6 Å². The molecule has 19 heavy (non-hydrogen) atoms. The summed E-state index contributed by atoms with van der Waals surface area (Å²) in [4.78, 5) is 11.9. The van der Waals surface area contributed by atoms with Crippen molar-refractivity contribution in [3.8, 4) is 6.19 Å². The third-order valence-electron chi connectivity index (χ3n) is 3.90. The quantitative estimate of drug-likeness (QED) is 0.726. The number of nitrogens with zero attached hydrogens (tertiary/aromatic N) is 2. The van der Waals surface area contributed by atoms with Gasteiger partial charge in [0.15, 0.2) is 0 Å². The second-order valence-corrected chi connectivity index (χ2v) is 6.76. The number of nitrogens with one attached hydrogen (secondary N) is 1. The van der Waals surface area contributed by atoms with Crippen LogP contribution in [0.1, 0.15) is 27.2 Å². The largest absolute Gasteiger partial charge is 0.338 e. The van der Waals surface area contributed by atoms with Gasteiger partial charge >= 0.3 is 10.2 Å². The lowest BCUT2D eigenvalue weighted by Gasteiger charge is -2.42. The van der Waals surface area contributed by atoms with E-state index in [2.05, 4.69) is 0 Å². The first-order chi connectivity index (χ1) is 8.74. The highest BCUT2D eigenvalue weighted by Gasteiger charge is 2.47. The maximum atomic E-state index is 11.9. The maximum Gasteiger partial charge on any atom is 0.338 e. The monoisotopic (exact) mass is 281 g/mol.